The van der Waals surface area contributed by atoms with E-state index in [1.807, 2.05) is 0 Å². The predicted octanol–water partition coefficient (Wildman–Crippen LogP) is 1.75. The van der Waals surface area contributed by atoms with Crippen molar-refractivity contribution in [3.8, 4) is 0 Å². The summed E-state index contributed by atoms with van der Waals surface area (Å²) < 4.78 is 27.1. The first-order chi connectivity index (χ1) is 9.90. The normalized spacial score (nSPS) is 13.6. The lowest BCUT2D eigenvalue weighted by Gasteiger charge is -2.19. The number of aliphatic hydroxyl groups excluding tert-OH is 1. The van der Waals surface area contributed by atoms with Crippen LogP contribution in [-0.2, 0) is 10.0 Å². The van der Waals surface area contributed by atoms with Crippen LogP contribution in [0.15, 0.2) is 29.2 Å². The lowest BCUT2D eigenvalue weighted by Crippen LogP contribution is -2.35. The van der Waals surface area contributed by atoms with Gasteiger partial charge in [0.15, 0.2) is 0 Å². The molecule has 0 radical (unpaired) electrons. The van der Waals surface area contributed by atoms with Crippen LogP contribution in [0.4, 0.5) is 0 Å². The molecule has 0 spiro atoms. The van der Waals surface area contributed by atoms with Gasteiger partial charge in [0.05, 0.1) is 11.0 Å². The van der Waals surface area contributed by atoms with E-state index in [2.05, 4.69) is 23.5 Å². The molecule has 1 aromatic rings. The van der Waals surface area contributed by atoms with Gasteiger partial charge >= 0.3 is 0 Å². The number of hydrogen-bond acceptors (Lipinski definition) is 4. The zero-order valence-corrected chi connectivity index (χ0v) is 13.9. The van der Waals surface area contributed by atoms with Gasteiger partial charge in [-0.3, -0.25) is 0 Å². The summed E-state index contributed by atoms with van der Waals surface area (Å²) >= 11 is 0. The molecule has 120 valence electrons. The Balaban J connectivity index is 2.67. The van der Waals surface area contributed by atoms with Crippen molar-refractivity contribution in [3.63, 3.8) is 0 Å². The average molecular weight is 314 g/mol. The lowest BCUT2D eigenvalue weighted by atomic mass is 10.1. The van der Waals surface area contributed by atoms with Crippen molar-refractivity contribution < 1.29 is 13.5 Å². The molecule has 21 heavy (non-hydrogen) atoms. The molecule has 0 fully saturated rings. The molecule has 1 aromatic carbocycles. The van der Waals surface area contributed by atoms with E-state index < -0.39 is 16.1 Å². The maximum Gasteiger partial charge on any atom is 0.240 e. The molecule has 0 bridgehead atoms. The maximum atomic E-state index is 12.2. The summed E-state index contributed by atoms with van der Waals surface area (Å²) in [7, 11) is -3.52. The second-order valence-electron chi connectivity index (χ2n) is 5.08. The average Bonchev–Trinajstić information content (AvgIpc) is 2.46. The molecule has 0 aliphatic carbocycles. The molecule has 0 saturated heterocycles. The standard InChI is InChI=1S/C15H26N2O3S/c1-4-10-17(5-2)11-9-16-21(19,20)15-8-6-7-14(12-15)13(3)18/h6-8,12-13,16,18H,4-5,9-11H2,1-3H3. The van der Waals surface area contributed by atoms with Gasteiger partial charge in [-0.1, -0.05) is 26.0 Å². The van der Waals surface area contributed by atoms with Crippen molar-refractivity contribution in [2.24, 2.45) is 0 Å². The highest BCUT2D eigenvalue weighted by Gasteiger charge is 2.15. The van der Waals surface area contributed by atoms with E-state index in [0.29, 0.717) is 18.7 Å². The molecule has 0 saturated carbocycles. The highest BCUT2D eigenvalue weighted by Crippen LogP contribution is 2.16. The number of aliphatic hydroxyl groups is 1. The van der Waals surface area contributed by atoms with E-state index in [9.17, 15) is 13.5 Å². The Kier molecular flexibility index (Phi) is 7.31. The summed E-state index contributed by atoms with van der Waals surface area (Å²) in [5.74, 6) is 0. The first kappa shape index (κ1) is 18.1. The minimum atomic E-state index is -3.52. The van der Waals surface area contributed by atoms with Crippen LogP contribution in [0.3, 0.4) is 0 Å². The lowest BCUT2D eigenvalue weighted by molar-refractivity contribution is 0.199. The molecule has 0 heterocycles. The monoisotopic (exact) mass is 314 g/mol. The van der Waals surface area contributed by atoms with Crippen LogP contribution in [0.2, 0.25) is 0 Å². The van der Waals surface area contributed by atoms with Gasteiger partial charge in [-0.25, -0.2) is 13.1 Å². The van der Waals surface area contributed by atoms with Crippen molar-refractivity contribution >= 4 is 10.0 Å². The van der Waals surface area contributed by atoms with Gasteiger partial charge in [0.2, 0.25) is 10.0 Å². The number of benzene rings is 1. The van der Waals surface area contributed by atoms with E-state index in [4.69, 9.17) is 0 Å². The van der Waals surface area contributed by atoms with E-state index in [1.54, 1.807) is 19.1 Å². The van der Waals surface area contributed by atoms with Gasteiger partial charge < -0.3 is 10.0 Å². The van der Waals surface area contributed by atoms with Crippen molar-refractivity contribution in [2.75, 3.05) is 26.2 Å². The first-order valence-electron chi connectivity index (χ1n) is 7.40. The second kappa shape index (κ2) is 8.48. The molecule has 0 aliphatic heterocycles. The molecule has 0 amide bonds. The molecular weight excluding hydrogens is 288 g/mol. The van der Waals surface area contributed by atoms with Crippen molar-refractivity contribution in [3.05, 3.63) is 29.8 Å². The Hall–Kier alpha value is -0.950. The van der Waals surface area contributed by atoms with E-state index in [1.165, 1.54) is 12.1 Å². The third-order valence-corrected chi connectivity index (χ3v) is 4.82. The summed E-state index contributed by atoms with van der Waals surface area (Å²) in [5, 5.41) is 9.53. The quantitative estimate of drug-likeness (QED) is 0.728. The molecule has 5 nitrogen and oxygen atoms in total. The highest BCUT2D eigenvalue weighted by atomic mass is 32.2. The number of sulfonamides is 1. The molecule has 6 heteroatoms. The van der Waals surface area contributed by atoms with Gasteiger partial charge in [0.1, 0.15) is 0 Å². The van der Waals surface area contributed by atoms with Crippen LogP contribution < -0.4 is 4.72 Å². The SMILES string of the molecule is CCCN(CC)CCNS(=O)(=O)c1cccc(C(C)O)c1. The van der Waals surface area contributed by atoms with Gasteiger partial charge in [0, 0.05) is 13.1 Å². The fourth-order valence-corrected chi connectivity index (χ4v) is 3.18. The second-order valence-corrected chi connectivity index (χ2v) is 6.85. The van der Waals surface area contributed by atoms with E-state index in [0.717, 1.165) is 19.5 Å². The van der Waals surface area contributed by atoms with Crippen LogP contribution in [0, 0.1) is 0 Å². The van der Waals surface area contributed by atoms with Crippen molar-refractivity contribution in [1.29, 1.82) is 0 Å². The van der Waals surface area contributed by atoms with Gasteiger partial charge in [-0.05, 0) is 44.1 Å². The number of nitrogens with zero attached hydrogens (tertiary/aromatic N) is 1. The molecule has 1 unspecified atom stereocenters. The van der Waals surface area contributed by atoms with Crippen LogP contribution in [0.1, 0.15) is 38.9 Å². The highest BCUT2D eigenvalue weighted by molar-refractivity contribution is 7.89. The third kappa shape index (κ3) is 5.74. The molecule has 0 aliphatic rings. The van der Waals surface area contributed by atoms with Gasteiger partial charge in [-0.15, -0.1) is 0 Å². The summed E-state index contributed by atoms with van der Waals surface area (Å²) in [6.07, 6.45) is 0.372. The third-order valence-electron chi connectivity index (χ3n) is 3.36. The zero-order chi connectivity index (χ0) is 15.9. The Bertz CT molecular complexity index is 529. The first-order valence-corrected chi connectivity index (χ1v) is 8.89. The fourth-order valence-electron chi connectivity index (χ4n) is 2.11. The summed E-state index contributed by atoms with van der Waals surface area (Å²) in [4.78, 5) is 2.40. The smallest absolute Gasteiger partial charge is 0.240 e. The van der Waals surface area contributed by atoms with Crippen molar-refractivity contribution in [2.45, 2.75) is 38.2 Å². The Morgan fingerprint density at radius 1 is 1.29 bits per heavy atom. The Morgan fingerprint density at radius 3 is 2.57 bits per heavy atom. The maximum absolute atomic E-state index is 12.2. The Labute approximate surface area is 128 Å². The number of rotatable bonds is 9. The summed E-state index contributed by atoms with van der Waals surface area (Å²) in [6, 6.07) is 6.41. The van der Waals surface area contributed by atoms with Crippen molar-refractivity contribution in [1.82, 2.24) is 9.62 Å². The Morgan fingerprint density at radius 2 is 2.00 bits per heavy atom. The topological polar surface area (TPSA) is 69.6 Å². The number of likely N-dealkylation sites (N-methyl/N-ethyl adjacent to an activating group) is 1. The summed E-state index contributed by atoms with van der Waals surface area (Å²) in [5.41, 5.74) is 0.596. The predicted molar refractivity (Wildman–Crippen MR) is 84.7 cm³/mol. The minimum Gasteiger partial charge on any atom is -0.389 e. The van der Waals surface area contributed by atoms with Gasteiger partial charge in [0.25, 0.3) is 0 Å². The minimum absolute atomic E-state index is 0.194. The fraction of sp³-hybridized carbons (Fsp3) is 0.600. The van der Waals surface area contributed by atoms with Crippen LogP contribution >= 0.6 is 0 Å². The van der Waals surface area contributed by atoms with Gasteiger partial charge in [-0.2, -0.15) is 0 Å². The summed E-state index contributed by atoms with van der Waals surface area (Å²) in [6.45, 7) is 8.74. The van der Waals surface area contributed by atoms with E-state index >= 15 is 0 Å². The van der Waals surface area contributed by atoms with Crippen LogP contribution in [0.25, 0.3) is 0 Å². The molecule has 1 rings (SSSR count). The van der Waals surface area contributed by atoms with Crippen LogP contribution in [-0.4, -0.2) is 44.6 Å². The number of hydrogen-bond donors (Lipinski definition) is 2. The molecule has 0 aromatic heterocycles. The number of nitrogens with one attached hydrogen (secondary N) is 1. The van der Waals surface area contributed by atoms with E-state index in [-0.39, 0.29) is 4.90 Å². The molecular formula is C15H26N2O3S. The van der Waals surface area contributed by atoms with Crippen LogP contribution in [0.5, 0.6) is 0 Å². The largest absolute Gasteiger partial charge is 0.389 e. The zero-order valence-electron chi connectivity index (χ0n) is 13.0. The molecule has 2 N–H and O–H groups in total. The molecule has 1 atom stereocenters.